The van der Waals surface area contributed by atoms with Crippen LogP contribution >= 0.6 is 11.3 Å². The van der Waals surface area contributed by atoms with Crippen molar-refractivity contribution in [3.63, 3.8) is 0 Å². The molecule has 0 saturated carbocycles. The molecule has 0 aliphatic heterocycles. The maximum atomic E-state index is 11.1. The fraction of sp³-hybridized carbons (Fsp3) is 0.636. The molecule has 1 aromatic rings. The molecular weight excluding hydrogens is 224 g/mol. The smallest absolute Gasteiger partial charge is 0.306 e. The van der Waals surface area contributed by atoms with Gasteiger partial charge in [-0.3, -0.25) is 4.79 Å². The molecule has 0 aromatic carbocycles. The molecule has 0 fully saturated rings. The third kappa shape index (κ3) is 4.72. The summed E-state index contributed by atoms with van der Waals surface area (Å²) in [6.45, 7) is 3.11. The van der Waals surface area contributed by atoms with Crippen molar-refractivity contribution < 1.29 is 9.53 Å². The Morgan fingerprint density at radius 3 is 2.94 bits per heavy atom. The molecule has 0 aliphatic rings. The quantitative estimate of drug-likeness (QED) is 0.712. The maximum Gasteiger partial charge on any atom is 0.306 e. The average molecular weight is 242 g/mol. The Balaban J connectivity index is 2.37. The number of thiazole rings is 1. The molecule has 0 spiro atoms. The fourth-order valence-electron chi connectivity index (χ4n) is 1.27. The van der Waals surface area contributed by atoms with Gasteiger partial charge in [-0.25, -0.2) is 4.98 Å². The van der Waals surface area contributed by atoms with Crippen molar-refractivity contribution >= 4 is 17.3 Å². The maximum absolute atomic E-state index is 11.1. The van der Waals surface area contributed by atoms with Crippen molar-refractivity contribution in [3.8, 4) is 0 Å². The molecule has 0 atom stereocenters. The highest BCUT2D eigenvalue weighted by atomic mass is 32.1. The fourth-order valence-corrected chi connectivity index (χ4v) is 2.22. The van der Waals surface area contributed by atoms with Crippen LogP contribution in [0.5, 0.6) is 0 Å². The number of aromatic nitrogens is 1. The number of carbonyl (C=O) groups is 1. The molecule has 16 heavy (non-hydrogen) atoms. The van der Waals surface area contributed by atoms with E-state index in [0.717, 1.165) is 17.2 Å². The molecule has 5 heteroatoms. The first-order valence-corrected chi connectivity index (χ1v) is 6.23. The van der Waals surface area contributed by atoms with E-state index in [1.54, 1.807) is 11.3 Å². The molecule has 1 heterocycles. The van der Waals surface area contributed by atoms with Gasteiger partial charge in [0.1, 0.15) is 5.01 Å². The van der Waals surface area contributed by atoms with Gasteiger partial charge in [0, 0.05) is 18.3 Å². The number of nitrogens with zero attached hydrogens (tertiary/aromatic N) is 2. The molecule has 0 bridgehead atoms. The second kappa shape index (κ2) is 6.60. The molecule has 1 aromatic heterocycles. The van der Waals surface area contributed by atoms with E-state index in [-0.39, 0.29) is 5.97 Å². The van der Waals surface area contributed by atoms with E-state index in [2.05, 4.69) is 9.88 Å². The van der Waals surface area contributed by atoms with Crippen LogP contribution < -0.4 is 0 Å². The van der Waals surface area contributed by atoms with Gasteiger partial charge in [0.15, 0.2) is 0 Å². The van der Waals surface area contributed by atoms with Gasteiger partial charge >= 0.3 is 5.97 Å². The lowest BCUT2D eigenvalue weighted by Gasteiger charge is -2.05. The van der Waals surface area contributed by atoms with Crippen LogP contribution in [-0.4, -0.2) is 36.6 Å². The summed E-state index contributed by atoms with van der Waals surface area (Å²) < 4.78 is 4.86. The second-order valence-corrected chi connectivity index (χ2v) is 4.72. The standard InChI is InChI=1S/C11H18N2O2S/c1-4-15-11(14)6-5-9-8-16-10(12-9)7-13(2)3/h8H,4-7H2,1-3H3. The number of hydrogen-bond donors (Lipinski definition) is 0. The van der Waals surface area contributed by atoms with Crippen LogP contribution in [0.25, 0.3) is 0 Å². The van der Waals surface area contributed by atoms with Crippen molar-refractivity contribution in [3.05, 3.63) is 16.1 Å². The van der Waals surface area contributed by atoms with E-state index >= 15 is 0 Å². The molecule has 0 N–H and O–H groups in total. The van der Waals surface area contributed by atoms with E-state index in [1.165, 1.54) is 0 Å². The van der Waals surface area contributed by atoms with Crippen LogP contribution in [0.2, 0.25) is 0 Å². The first kappa shape index (κ1) is 13.1. The van der Waals surface area contributed by atoms with Crippen molar-refractivity contribution in [2.75, 3.05) is 20.7 Å². The topological polar surface area (TPSA) is 42.4 Å². The zero-order valence-corrected chi connectivity index (χ0v) is 10.8. The van der Waals surface area contributed by atoms with E-state index < -0.39 is 0 Å². The highest BCUT2D eigenvalue weighted by Gasteiger charge is 2.06. The predicted octanol–water partition coefficient (Wildman–Crippen LogP) is 1.70. The van der Waals surface area contributed by atoms with Gasteiger partial charge in [-0.1, -0.05) is 0 Å². The van der Waals surface area contributed by atoms with Crippen molar-refractivity contribution in [2.24, 2.45) is 0 Å². The minimum atomic E-state index is -0.148. The molecule has 90 valence electrons. The number of hydrogen-bond acceptors (Lipinski definition) is 5. The highest BCUT2D eigenvalue weighted by Crippen LogP contribution is 2.12. The summed E-state index contributed by atoms with van der Waals surface area (Å²) in [5.41, 5.74) is 0.981. The Hall–Kier alpha value is -0.940. The molecule has 0 amide bonds. The Labute approximate surface area is 100 Å². The van der Waals surface area contributed by atoms with Crippen molar-refractivity contribution in [1.29, 1.82) is 0 Å². The van der Waals surface area contributed by atoms with Crippen LogP contribution in [0.1, 0.15) is 24.0 Å². The van der Waals surface area contributed by atoms with E-state index in [9.17, 15) is 4.79 Å². The number of ether oxygens (including phenoxy) is 1. The van der Waals surface area contributed by atoms with Crippen LogP contribution in [0.15, 0.2) is 5.38 Å². The molecule has 0 saturated heterocycles. The van der Waals surface area contributed by atoms with E-state index in [1.807, 2.05) is 26.4 Å². The molecule has 4 nitrogen and oxygen atoms in total. The lowest BCUT2D eigenvalue weighted by atomic mass is 10.2. The van der Waals surface area contributed by atoms with Gasteiger partial charge < -0.3 is 9.64 Å². The zero-order chi connectivity index (χ0) is 12.0. The summed E-state index contributed by atoms with van der Waals surface area (Å²) in [7, 11) is 4.03. The lowest BCUT2D eigenvalue weighted by molar-refractivity contribution is -0.143. The summed E-state index contributed by atoms with van der Waals surface area (Å²) in [5, 5.41) is 3.10. The first-order chi connectivity index (χ1) is 7.61. The Morgan fingerprint density at radius 1 is 1.56 bits per heavy atom. The van der Waals surface area contributed by atoms with Crippen LogP contribution in [0.4, 0.5) is 0 Å². The summed E-state index contributed by atoms with van der Waals surface area (Å²) in [6, 6.07) is 0. The van der Waals surface area contributed by atoms with Gasteiger partial charge in [0.25, 0.3) is 0 Å². The molecule has 0 aliphatic carbocycles. The summed E-state index contributed by atoms with van der Waals surface area (Å²) in [5.74, 6) is -0.148. The van der Waals surface area contributed by atoms with Gasteiger partial charge in [-0.05, 0) is 21.0 Å². The third-order valence-electron chi connectivity index (χ3n) is 1.94. The summed E-state index contributed by atoms with van der Waals surface area (Å²) >= 11 is 1.64. The number of rotatable bonds is 6. The monoisotopic (exact) mass is 242 g/mol. The highest BCUT2D eigenvalue weighted by molar-refractivity contribution is 7.09. The normalized spacial score (nSPS) is 10.8. The van der Waals surface area contributed by atoms with Gasteiger partial charge in [-0.15, -0.1) is 11.3 Å². The average Bonchev–Trinajstić information content (AvgIpc) is 2.62. The Morgan fingerprint density at radius 2 is 2.31 bits per heavy atom. The van der Waals surface area contributed by atoms with Crippen LogP contribution in [0.3, 0.4) is 0 Å². The predicted molar refractivity (Wildman–Crippen MR) is 64.5 cm³/mol. The number of carbonyl (C=O) groups excluding carboxylic acids is 1. The van der Waals surface area contributed by atoms with Crippen LogP contribution in [-0.2, 0) is 22.5 Å². The third-order valence-corrected chi connectivity index (χ3v) is 2.82. The molecule has 0 unspecified atom stereocenters. The van der Waals surface area contributed by atoms with Crippen molar-refractivity contribution in [2.45, 2.75) is 26.3 Å². The second-order valence-electron chi connectivity index (χ2n) is 3.78. The largest absolute Gasteiger partial charge is 0.466 e. The minimum absolute atomic E-state index is 0.148. The Bertz CT molecular complexity index is 336. The van der Waals surface area contributed by atoms with Gasteiger partial charge in [0.05, 0.1) is 18.7 Å². The van der Waals surface area contributed by atoms with Gasteiger partial charge in [-0.2, -0.15) is 0 Å². The Kier molecular flexibility index (Phi) is 5.42. The molecular formula is C11H18N2O2S. The molecule has 1 rings (SSSR count). The number of aryl methyl sites for hydroxylation is 1. The van der Waals surface area contributed by atoms with Gasteiger partial charge in [0.2, 0.25) is 0 Å². The summed E-state index contributed by atoms with van der Waals surface area (Å²) in [6.07, 6.45) is 1.09. The van der Waals surface area contributed by atoms with Crippen LogP contribution in [0, 0.1) is 0 Å². The lowest BCUT2D eigenvalue weighted by Crippen LogP contribution is -2.10. The SMILES string of the molecule is CCOC(=O)CCc1csc(CN(C)C)n1. The summed E-state index contributed by atoms with van der Waals surface area (Å²) in [4.78, 5) is 17.7. The zero-order valence-electron chi connectivity index (χ0n) is 10.0. The minimum Gasteiger partial charge on any atom is -0.466 e. The number of esters is 1. The van der Waals surface area contributed by atoms with E-state index in [4.69, 9.17) is 4.74 Å². The van der Waals surface area contributed by atoms with Crippen molar-refractivity contribution in [1.82, 2.24) is 9.88 Å². The first-order valence-electron chi connectivity index (χ1n) is 5.35. The van der Waals surface area contributed by atoms with E-state index in [0.29, 0.717) is 19.4 Å². The molecule has 0 radical (unpaired) electrons.